The van der Waals surface area contributed by atoms with Gasteiger partial charge in [-0.15, -0.1) is 0 Å². The molecule has 6 nitrogen and oxygen atoms in total. The van der Waals surface area contributed by atoms with Gasteiger partial charge in [-0.2, -0.15) is 0 Å². The van der Waals surface area contributed by atoms with Crippen LogP contribution in [0.4, 0.5) is 0 Å². The van der Waals surface area contributed by atoms with E-state index in [4.69, 9.17) is 0 Å². The minimum absolute atomic E-state index is 0.0955. The van der Waals surface area contributed by atoms with Crippen LogP contribution < -0.4 is 5.32 Å². The number of benzene rings is 3. The first-order chi connectivity index (χ1) is 17.0. The zero-order valence-electron chi connectivity index (χ0n) is 19.1. The van der Waals surface area contributed by atoms with E-state index < -0.39 is 35.3 Å². The number of amides is 2. The van der Waals surface area contributed by atoms with Crippen molar-refractivity contribution in [1.29, 1.82) is 0 Å². The average Bonchev–Trinajstić information content (AvgIpc) is 3.34. The highest BCUT2D eigenvalue weighted by Gasteiger charge is 2.67. The Morgan fingerprint density at radius 2 is 1.43 bits per heavy atom. The third kappa shape index (κ3) is 4.17. The Balaban J connectivity index is 1.55. The smallest absolute Gasteiger partial charge is 0.325 e. The maximum absolute atomic E-state index is 13.7. The molecule has 0 bridgehead atoms. The van der Waals surface area contributed by atoms with Crippen molar-refractivity contribution in [3.05, 3.63) is 114 Å². The van der Waals surface area contributed by atoms with Gasteiger partial charge in [-0.25, -0.2) is 0 Å². The summed E-state index contributed by atoms with van der Waals surface area (Å²) in [5.74, 6) is -3.72. The van der Waals surface area contributed by atoms with Crippen molar-refractivity contribution in [3.8, 4) is 0 Å². The number of likely N-dealkylation sites (tertiary alicyclic amines) is 1. The predicted molar refractivity (Wildman–Crippen MR) is 132 cm³/mol. The van der Waals surface area contributed by atoms with Gasteiger partial charge in [-0.05, 0) is 16.7 Å². The summed E-state index contributed by atoms with van der Waals surface area (Å²) >= 11 is 0. The number of aliphatic carboxylic acids is 1. The van der Waals surface area contributed by atoms with Gasteiger partial charge in [0.1, 0.15) is 5.54 Å². The van der Waals surface area contributed by atoms with Gasteiger partial charge in [-0.1, -0.05) is 103 Å². The molecule has 0 aromatic heterocycles. The van der Waals surface area contributed by atoms with E-state index in [1.165, 1.54) is 4.90 Å². The molecule has 2 N–H and O–H groups in total. The molecule has 2 heterocycles. The number of carboxylic acid groups (broad SMARTS) is 1. The van der Waals surface area contributed by atoms with Gasteiger partial charge in [0.15, 0.2) is 0 Å². The number of hydrogen-bond acceptors (Lipinski definition) is 4. The predicted octanol–water partition coefficient (Wildman–Crippen LogP) is 3.54. The fourth-order valence-corrected chi connectivity index (χ4v) is 5.33. The van der Waals surface area contributed by atoms with Crippen LogP contribution in [-0.4, -0.2) is 39.4 Å². The molecule has 2 amide bonds. The summed E-state index contributed by atoms with van der Waals surface area (Å²) in [5, 5.41) is 13.7. The molecule has 4 atom stereocenters. The van der Waals surface area contributed by atoms with Crippen LogP contribution >= 0.6 is 0 Å². The Morgan fingerprint density at radius 1 is 0.857 bits per heavy atom. The summed E-state index contributed by atoms with van der Waals surface area (Å²) in [6.07, 6.45) is 3.78. The van der Waals surface area contributed by atoms with Crippen LogP contribution in [0.3, 0.4) is 0 Å². The molecule has 2 saturated heterocycles. The van der Waals surface area contributed by atoms with Crippen LogP contribution in [0.15, 0.2) is 97.1 Å². The van der Waals surface area contributed by atoms with Crippen LogP contribution in [0.2, 0.25) is 0 Å². The standard InChI is InChI=1S/C29H26N2O4/c32-26-24-23(17-16-20-10-4-1-5-11-20)30-29(28(34)35,18-21-12-6-2-7-13-21)25(24)27(33)31(26)19-22-14-8-3-9-15-22/h1-17,23-25,30H,18-19H2,(H,34,35)/b17-16+. The Morgan fingerprint density at radius 3 is 2.03 bits per heavy atom. The van der Waals surface area contributed by atoms with Gasteiger partial charge in [-0.3, -0.25) is 24.6 Å². The maximum Gasteiger partial charge on any atom is 0.325 e. The number of imide groups is 1. The van der Waals surface area contributed by atoms with Crippen LogP contribution in [0.25, 0.3) is 6.08 Å². The highest BCUT2D eigenvalue weighted by Crippen LogP contribution is 2.45. The summed E-state index contributed by atoms with van der Waals surface area (Å²) in [7, 11) is 0. The van der Waals surface area contributed by atoms with E-state index in [0.717, 1.165) is 16.7 Å². The summed E-state index contributed by atoms with van der Waals surface area (Å²) in [6.45, 7) is 0.127. The molecule has 0 aliphatic carbocycles. The third-order valence-corrected chi connectivity index (χ3v) is 6.97. The zero-order valence-corrected chi connectivity index (χ0v) is 19.1. The Hall–Kier alpha value is -4.03. The lowest BCUT2D eigenvalue weighted by Gasteiger charge is -2.31. The lowest BCUT2D eigenvalue weighted by Crippen LogP contribution is -2.58. The molecule has 0 radical (unpaired) electrons. The normalized spacial score (nSPS) is 25.8. The lowest BCUT2D eigenvalue weighted by atomic mass is 9.76. The van der Waals surface area contributed by atoms with Gasteiger partial charge in [0.25, 0.3) is 0 Å². The SMILES string of the molecule is O=C1C2C(/C=C/c3ccccc3)NC(Cc3ccccc3)(C(=O)O)C2C(=O)N1Cc1ccccc1. The van der Waals surface area contributed by atoms with E-state index in [9.17, 15) is 19.5 Å². The maximum atomic E-state index is 13.7. The van der Waals surface area contributed by atoms with Crippen molar-refractivity contribution >= 4 is 23.9 Å². The molecule has 3 aromatic carbocycles. The average molecular weight is 467 g/mol. The fraction of sp³-hybridized carbons (Fsp3) is 0.207. The first-order valence-electron chi connectivity index (χ1n) is 11.7. The molecule has 4 unspecified atom stereocenters. The molecule has 2 fully saturated rings. The molecular weight excluding hydrogens is 440 g/mol. The second kappa shape index (κ2) is 9.31. The summed E-state index contributed by atoms with van der Waals surface area (Å²) in [6, 6.07) is 27.5. The van der Waals surface area contributed by atoms with Crippen molar-refractivity contribution in [2.75, 3.05) is 0 Å². The first-order valence-corrected chi connectivity index (χ1v) is 11.7. The Labute approximate surface area is 203 Å². The van der Waals surface area contributed by atoms with E-state index >= 15 is 0 Å². The van der Waals surface area contributed by atoms with Crippen LogP contribution in [0, 0.1) is 11.8 Å². The minimum Gasteiger partial charge on any atom is -0.480 e. The van der Waals surface area contributed by atoms with Crippen LogP contribution in [-0.2, 0) is 27.3 Å². The second-order valence-corrected chi connectivity index (χ2v) is 9.13. The number of rotatable bonds is 7. The monoisotopic (exact) mass is 466 g/mol. The van der Waals surface area contributed by atoms with Crippen molar-refractivity contribution in [2.45, 2.75) is 24.5 Å². The number of carbonyl (C=O) groups excluding carboxylic acids is 2. The summed E-state index contributed by atoms with van der Waals surface area (Å²) < 4.78 is 0. The number of fused-ring (bicyclic) bond motifs is 1. The van der Waals surface area contributed by atoms with Crippen molar-refractivity contribution < 1.29 is 19.5 Å². The Bertz CT molecular complexity index is 1260. The van der Waals surface area contributed by atoms with E-state index in [1.807, 2.05) is 103 Å². The topological polar surface area (TPSA) is 86.7 Å². The van der Waals surface area contributed by atoms with Crippen molar-refractivity contribution in [2.24, 2.45) is 11.8 Å². The van der Waals surface area contributed by atoms with E-state index in [0.29, 0.717) is 0 Å². The zero-order chi connectivity index (χ0) is 24.4. The molecule has 176 valence electrons. The van der Waals surface area contributed by atoms with Crippen LogP contribution in [0.5, 0.6) is 0 Å². The second-order valence-electron chi connectivity index (χ2n) is 9.13. The summed E-state index contributed by atoms with van der Waals surface area (Å²) in [4.78, 5) is 41.4. The number of carboxylic acids is 1. The van der Waals surface area contributed by atoms with Crippen LogP contribution in [0.1, 0.15) is 16.7 Å². The van der Waals surface area contributed by atoms with Gasteiger partial charge < -0.3 is 5.11 Å². The van der Waals surface area contributed by atoms with Crippen molar-refractivity contribution in [1.82, 2.24) is 10.2 Å². The molecule has 3 aromatic rings. The minimum atomic E-state index is -1.60. The number of nitrogens with zero attached hydrogens (tertiary/aromatic N) is 1. The van der Waals surface area contributed by atoms with E-state index in [2.05, 4.69) is 5.32 Å². The van der Waals surface area contributed by atoms with Gasteiger partial charge in [0.05, 0.1) is 18.4 Å². The fourth-order valence-electron chi connectivity index (χ4n) is 5.33. The van der Waals surface area contributed by atoms with Gasteiger partial charge in [0.2, 0.25) is 11.8 Å². The molecular formula is C29H26N2O4. The molecule has 0 saturated carbocycles. The molecule has 0 spiro atoms. The number of carbonyl (C=O) groups is 3. The highest BCUT2D eigenvalue weighted by atomic mass is 16.4. The van der Waals surface area contributed by atoms with Gasteiger partial charge in [0, 0.05) is 12.5 Å². The van der Waals surface area contributed by atoms with Crippen molar-refractivity contribution in [3.63, 3.8) is 0 Å². The third-order valence-electron chi connectivity index (χ3n) is 6.97. The summed E-state index contributed by atoms with van der Waals surface area (Å²) in [5.41, 5.74) is 0.938. The molecule has 5 rings (SSSR count). The molecule has 2 aliphatic heterocycles. The lowest BCUT2D eigenvalue weighted by molar-refractivity contribution is -0.151. The molecule has 6 heteroatoms. The van der Waals surface area contributed by atoms with E-state index in [-0.39, 0.29) is 18.9 Å². The van der Waals surface area contributed by atoms with Gasteiger partial charge >= 0.3 is 5.97 Å². The highest BCUT2D eigenvalue weighted by molar-refractivity contribution is 6.09. The molecule has 35 heavy (non-hydrogen) atoms. The largest absolute Gasteiger partial charge is 0.480 e. The Kier molecular flexibility index (Phi) is 6.05. The van der Waals surface area contributed by atoms with E-state index in [1.54, 1.807) is 0 Å². The quantitative estimate of drug-likeness (QED) is 0.520. The number of hydrogen-bond donors (Lipinski definition) is 2. The number of nitrogens with one attached hydrogen (secondary N) is 1. The first kappa shape index (κ1) is 22.7. The molecule has 2 aliphatic rings.